The Morgan fingerprint density at radius 2 is 1.86 bits per heavy atom. The Hall–Kier alpha value is -1.05. The molecule has 0 saturated carbocycles. The van der Waals surface area contributed by atoms with Crippen LogP contribution in [0.2, 0.25) is 0 Å². The van der Waals surface area contributed by atoms with Crippen LogP contribution in [0.3, 0.4) is 0 Å². The first-order valence-electron chi connectivity index (χ1n) is 10.2. The molecule has 166 valence electrons. The van der Waals surface area contributed by atoms with Crippen LogP contribution in [0, 0.1) is 5.92 Å². The lowest BCUT2D eigenvalue weighted by molar-refractivity contribution is -0.121. The number of piperidine rings is 1. The van der Waals surface area contributed by atoms with Gasteiger partial charge in [-0.2, -0.15) is 0 Å². The van der Waals surface area contributed by atoms with E-state index in [1.807, 2.05) is 12.1 Å². The molecule has 3 rings (SSSR count). The van der Waals surface area contributed by atoms with E-state index in [9.17, 15) is 4.79 Å². The van der Waals surface area contributed by atoms with Gasteiger partial charge in [-0.15, -0.1) is 24.8 Å². The molecule has 0 aromatic heterocycles. The molecule has 8 heteroatoms. The molecule has 2 aliphatic heterocycles. The number of carbonyl (C=O) groups excluding carboxylic acids is 1. The second-order valence-electron chi connectivity index (χ2n) is 7.47. The molecule has 29 heavy (non-hydrogen) atoms. The van der Waals surface area contributed by atoms with Gasteiger partial charge in [0, 0.05) is 26.1 Å². The molecule has 1 amide bonds. The highest BCUT2D eigenvalue weighted by molar-refractivity contribution is 5.85. The molecule has 2 saturated heterocycles. The molecule has 0 aliphatic carbocycles. The van der Waals surface area contributed by atoms with Crippen molar-refractivity contribution in [2.24, 2.45) is 5.92 Å². The third-order valence-corrected chi connectivity index (χ3v) is 5.72. The number of nitrogens with zero attached hydrogens (tertiary/aromatic N) is 1. The molecule has 1 atom stereocenters. The van der Waals surface area contributed by atoms with Crippen LogP contribution >= 0.6 is 24.8 Å². The average Bonchev–Trinajstić information content (AvgIpc) is 2.74. The average molecular weight is 448 g/mol. The minimum Gasteiger partial charge on any atom is -0.497 e. The predicted molar refractivity (Wildman–Crippen MR) is 120 cm³/mol. The molecule has 2 fully saturated rings. The van der Waals surface area contributed by atoms with Gasteiger partial charge in [-0.3, -0.25) is 9.69 Å². The fourth-order valence-electron chi connectivity index (χ4n) is 3.98. The van der Waals surface area contributed by atoms with Crippen molar-refractivity contribution in [3.05, 3.63) is 29.8 Å². The predicted octanol–water partition coefficient (Wildman–Crippen LogP) is 2.81. The Labute approximate surface area is 186 Å². The molecular formula is C21H35Cl2N3O3. The van der Waals surface area contributed by atoms with Gasteiger partial charge in [0.25, 0.3) is 0 Å². The van der Waals surface area contributed by atoms with Crippen molar-refractivity contribution in [3.8, 4) is 5.75 Å². The van der Waals surface area contributed by atoms with Crippen LogP contribution in [0.25, 0.3) is 0 Å². The molecular weight excluding hydrogens is 413 g/mol. The number of morpholine rings is 1. The molecule has 2 aliphatic rings. The molecule has 0 spiro atoms. The van der Waals surface area contributed by atoms with E-state index in [2.05, 4.69) is 27.7 Å². The van der Waals surface area contributed by atoms with Gasteiger partial charge in [0.05, 0.1) is 26.4 Å². The minimum atomic E-state index is 0. The van der Waals surface area contributed by atoms with Crippen molar-refractivity contribution in [1.82, 2.24) is 15.5 Å². The van der Waals surface area contributed by atoms with E-state index in [1.165, 1.54) is 18.4 Å². The fraction of sp³-hybridized carbons (Fsp3) is 0.667. The third kappa shape index (κ3) is 8.30. The van der Waals surface area contributed by atoms with Crippen LogP contribution in [0.4, 0.5) is 0 Å². The SMILES string of the molecule is COc1ccc(C(CNC(=O)CCC2CCNCC2)N2CCOCC2)cc1.Cl.Cl. The third-order valence-electron chi connectivity index (χ3n) is 5.72. The number of hydrogen-bond donors (Lipinski definition) is 2. The Bertz CT molecular complexity index is 577. The molecule has 2 heterocycles. The second-order valence-corrected chi connectivity index (χ2v) is 7.47. The highest BCUT2D eigenvalue weighted by atomic mass is 35.5. The molecule has 6 nitrogen and oxygen atoms in total. The largest absolute Gasteiger partial charge is 0.497 e. The molecule has 0 radical (unpaired) electrons. The van der Waals surface area contributed by atoms with Gasteiger partial charge in [0.2, 0.25) is 5.91 Å². The van der Waals surface area contributed by atoms with Crippen LogP contribution < -0.4 is 15.4 Å². The van der Waals surface area contributed by atoms with Gasteiger partial charge >= 0.3 is 0 Å². The maximum atomic E-state index is 12.4. The number of benzene rings is 1. The van der Waals surface area contributed by atoms with E-state index in [0.29, 0.717) is 18.9 Å². The Kier molecular flexibility index (Phi) is 12.6. The zero-order valence-electron chi connectivity index (χ0n) is 17.2. The minimum absolute atomic E-state index is 0. The van der Waals surface area contributed by atoms with E-state index in [-0.39, 0.29) is 36.8 Å². The maximum absolute atomic E-state index is 12.4. The van der Waals surface area contributed by atoms with Crippen LogP contribution in [0.1, 0.15) is 37.3 Å². The summed E-state index contributed by atoms with van der Waals surface area (Å²) < 4.78 is 10.8. The summed E-state index contributed by atoms with van der Waals surface area (Å²) in [6.45, 7) is 6.08. The first-order valence-corrected chi connectivity index (χ1v) is 10.2. The van der Waals surface area contributed by atoms with Crippen LogP contribution in [-0.2, 0) is 9.53 Å². The lowest BCUT2D eigenvalue weighted by atomic mass is 9.93. The number of rotatable bonds is 8. The van der Waals surface area contributed by atoms with Crippen LogP contribution in [-0.4, -0.2) is 63.9 Å². The van der Waals surface area contributed by atoms with E-state index in [4.69, 9.17) is 9.47 Å². The van der Waals surface area contributed by atoms with Gasteiger partial charge in [0.15, 0.2) is 0 Å². The lowest BCUT2D eigenvalue weighted by Gasteiger charge is -2.35. The van der Waals surface area contributed by atoms with Gasteiger partial charge in [0.1, 0.15) is 5.75 Å². The highest BCUT2D eigenvalue weighted by Crippen LogP contribution is 2.24. The van der Waals surface area contributed by atoms with Crippen molar-refractivity contribution in [2.45, 2.75) is 31.7 Å². The summed E-state index contributed by atoms with van der Waals surface area (Å²) in [5.74, 6) is 1.71. The topological polar surface area (TPSA) is 62.8 Å². The number of halogens is 2. The van der Waals surface area contributed by atoms with Crippen LogP contribution in [0.5, 0.6) is 5.75 Å². The molecule has 1 unspecified atom stereocenters. The summed E-state index contributed by atoms with van der Waals surface area (Å²) in [5, 5.41) is 6.56. The fourth-order valence-corrected chi connectivity index (χ4v) is 3.98. The number of ether oxygens (including phenoxy) is 2. The number of methoxy groups -OCH3 is 1. The zero-order valence-corrected chi connectivity index (χ0v) is 18.9. The summed E-state index contributed by atoms with van der Waals surface area (Å²) in [5.41, 5.74) is 1.20. The standard InChI is InChI=1S/C21H33N3O3.2ClH/c1-26-19-5-3-18(4-6-19)20(24-12-14-27-15-13-24)16-23-21(25)7-2-17-8-10-22-11-9-17;;/h3-6,17,20,22H,2,7-16H2,1H3,(H,23,25);2*1H. The van der Waals surface area contributed by atoms with E-state index < -0.39 is 0 Å². The zero-order chi connectivity index (χ0) is 18.9. The maximum Gasteiger partial charge on any atom is 0.220 e. The van der Waals surface area contributed by atoms with Crippen molar-refractivity contribution in [3.63, 3.8) is 0 Å². The van der Waals surface area contributed by atoms with Gasteiger partial charge in [-0.25, -0.2) is 0 Å². The monoisotopic (exact) mass is 447 g/mol. The Balaban J connectivity index is 0.00000210. The summed E-state index contributed by atoms with van der Waals surface area (Å²) in [4.78, 5) is 14.8. The van der Waals surface area contributed by atoms with E-state index in [0.717, 1.165) is 51.6 Å². The summed E-state index contributed by atoms with van der Waals surface area (Å²) in [6.07, 6.45) is 4.01. The Morgan fingerprint density at radius 3 is 2.48 bits per heavy atom. The Morgan fingerprint density at radius 1 is 1.21 bits per heavy atom. The summed E-state index contributed by atoms with van der Waals surface area (Å²) in [6, 6.07) is 8.34. The van der Waals surface area contributed by atoms with Crippen molar-refractivity contribution >= 4 is 30.7 Å². The van der Waals surface area contributed by atoms with Gasteiger partial charge in [-0.05, 0) is 56.0 Å². The van der Waals surface area contributed by atoms with Crippen molar-refractivity contribution < 1.29 is 14.3 Å². The smallest absolute Gasteiger partial charge is 0.220 e. The number of hydrogen-bond acceptors (Lipinski definition) is 5. The van der Waals surface area contributed by atoms with E-state index in [1.54, 1.807) is 7.11 Å². The van der Waals surface area contributed by atoms with Crippen molar-refractivity contribution in [1.29, 1.82) is 0 Å². The first-order chi connectivity index (χ1) is 13.3. The molecule has 0 bridgehead atoms. The second kappa shape index (κ2) is 14.0. The normalized spacial score (nSPS) is 18.8. The van der Waals surface area contributed by atoms with E-state index >= 15 is 0 Å². The first kappa shape index (κ1) is 26.0. The summed E-state index contributed by atoms with van der Waals surface area (Å²) >= 11 is 0. The van der Waals surface area contributed by atoms with Gasteiger partial charge in [-0.1, -0.05) is 12.1 Å². The molecule has 1 aromatic carbocycles. The lowest BCUT2D eigenvalue weighted by Crippen LogP contribution is -2.43. The number of carbonyl (C=O) groups is 1. The number of amides is 1. The van der Waals surface area contributed by atoms with Gasteiger partial charge < -0.3 is 20.1 Å². The molecule has 2 N–H and O–H groups in total. The van der Waals surface area contributed by atoms with Crippen LogP contribution in [0.15, 0.2) is 24.3 Å². The molecule has 1 aromatic rings. The number of nitrogens with one attached hydrogen (secondary N) is 2. The summed E-state index contributed by atoms with van der Waals surface area (Å²) in [7, 11) is 1.68. The van der Waals surface area contributed by atoms with Crippen molar-refractivity contribution in [2.75, 3.05) is 53.0 Å². The quantitative estimate of drug-likeness (QED) is 0.641. The highest BCUT2D eigenvalue weighted by Gasteiger charge is 2.23.